The Morgan fingerprint density at radius 2 is 1.95 bits per heavy atom. The zero-order valence-corrected chi connectivity index (χ0v) is 12.8. The summed E-state index contributed by atoms with van der Waals surface area (Å²) in [6.07, 6.45) is 0.711. The van der Waals surface area contributed by atoms with Gasteiger partial charge in [-0.25, -0.2) is 4.98 Å². The summed E-state index contributed by atoms with van der Waals surface area (Å²) in [5.41, 5.74) is 1.21. The largest absolute Gasteiger partial charge is 0.394 e. The van der Waals surface area contributed by atoms with Crippen molar-refractivity contribution in [1.82, 2.24) is 10.3 Å². The number of pyridine rings is 1. The second kappa shape index (κ2) is 6.22. The Balaban J connectivity index is 2.14. The Hall–Kier alpha value is -1.94. The minimum atomic E-state index is -0.259. The fraction of sp³-hybridized carbons (Fsp3) is 0.412. The summed E-state index contributed by atoms with van der Waals surface area (Å²) in [7, 11) is 0. The molecular formula is C17H22N2O2. The molecule has 0 spiro atoms. The van der Waals surface area contributed by atoms with Crippen molar-refractivity contribution >= 4 is 16.8 Å². The molecule has 0 saturated carbocycles. The average Bonchev–Trinajstić information content (AvgIpc) is 2.44. The molecule has 0 radical (unpaired) electrons. The van der Waals surface area contributed by atoms with Gasteiger partial charge in [-0.3, -0.25) is 4.79 Å². The van der Waals surface area contributed by atoms with Gasteiger partial charge in [-0.15, -0.1) is 0 Å². The Bertz CT molecular complexity index is 632. The lowest BCUT2D eigenvalue weighted by atomic mass is 9.88. The third-order valence-corrected chi connectivity index (χ3v) is 3.25. The summed E-state index contributed by atoms with van der Waals surface area (Å²) in [6.45, 7) is 6.17. The summed E-state index contributed by atoms with van der Waals surface area (Å²) in [4.78, 5) is 16.6. The first-order valence-corrected chi connectivity index (χ1v) is 7.16. The van der Waals surface area contributed by atoms with E-state index in [-0.39, 0.29) is 24.0 Å². The number of benzene rings is 1. The number of nitrogens with one attached hydrogen (secondary N) is 1. The van der Waals surface area contributed by atoms with Crippen LogP contribution in [0.5, 0.6) is 0 Å². The first-order chi connectivity index (χ1) is 9.89. The van der Waals surface area contributed by atoms with Gasteiger partial charge >= 0.3 is 0 Å². The van der Waals surface area contributed by atoms with Crippen LogP contribution in [-0.4, -0.2) is 28.6 Å². The minimum Gasteiger partial charge on any atom is -0.394 e. The predicted molar refractivity (Wildman–Crippen MR) is 84.2 cm³/mol. The van der Waals surface area contributed by atoms with E-state index in [1.54, 1.807) is 6.07 Å². The summed E-state index contributed by atoms with van der Waals surface area (Å²) < 4.78 is 0. The first-order valence-electron chi connectivity index (χ1n) is 7.16. The minimum absolute atomic E-state index is 0.0392. The normalized spacial score (nSPS) is 13.1. The molecule has 0 bridgehead atoms. The van der Waals surface area contributed by atoms with E-state index in [9.17, 15) is 9.90 Å². The van der Waals surface area contributed by atoms with Crippen molar-refractivity contribution in [3.63, 3.8) is 0 Å². The molecule has 0 aliphatic heterocycles. The van der Waals surface area contributed by atoms with Gasteiger partial charge in [0.1, 0.15) is 5.69 Å². The van der Waals surface area contributed by atoms with Gasteiger partial charge in [0.15, 0.2) is 0 Å². The van der Waals surface area contributed by atoms with Crippen molar-refractivity contribution in [1.29, 1.82) is 0 Å². The average molecular weight is 286 g/mol. The zero-order chi connectivity index (χ0) is 15.5. The van der Waals surface area contributed by atoms with Crippen LogP contribution in [0.4, 0.5) is 0 Å². The zero-order valence-electron chi connectivity index (χ0n) is 12.8. The van der Waals surface area contributed by atoms with Crippen LogP contribution in [0.1, 0.15) is 37.7 Å². The number of fused-ring (bicyclic) bond motifs is 1. The van der Waals surface area contributed by atoms with E-state index in [1.807, 2.05) is 30.3 Å². The Kier molecular flexibility index (Phi) is 4.58. The Morgan fingerprint density at radius 1 is 1.24 bits per heavy atom. The molecule has 4 nitrogen and oxygen atoms in total. The number of nitrogens with zero attached hydrogens (tertiary/aromatic N) is 1. The molecule has 0 saturated heterocycles. The second-order valence-corrected chi connectivity index (χ2v) is 6.51. The van der Waals surface area contributed by atoms with Gasteiger partial charge in [0.25, 0.3) is 5.91 Å². The number of carbonyl (C=O) groups is 1. The third kappa shape index (κ3) is 4.26. The quantitative estimate of drug-likeness (QED) is 0.908. The maximum atomic E-state index is 12.3. The lowest BCUT2D eigenvalue weighted by molar-refractivity contribution is 0.0893. The molecule has 2 N–H and O–H groups in total. The highest BCUT2D eigenvalue weighted by atomic mass is 16.3. The number of para-hydroxylation sites is 1. The summed E-state index contributed by atoms with van der Waals surface area (Å²) in [5, 5.41) is 13.3. The molecule has 2 rings (SSSR count). The molecule has 1 heterocycles. The fourth-order valence-electron chi connectivity index (χ4n) is 2.35. The van der Waals surface area contributed by atoms with Gasteiger partial charge in [0.05, 0.1) is 18.2 Å². The molecule has 1 aromatic heterocycles. The molecule has 4 heteroatoms. The molecule has 112 valence electrons. The Morgan fingerprint density at radius 3 is 2.62 bits per heavy atom. The van der Waals surface area contributed by atoms with E-state index in [1.165, 1.54) is 0 Å². The van der Waals surface area contributed by atoms with Gasteiger partial charge in [-0.1, -0.05) is 45.0 Å². The lowest BCUT2D eigenvalue weighted by Gasteiger charge is -2.25. The molecule has 21 heavy (non-hydrogen) atoms. The molecule has 1 aromatic carbocycles. The smallest absolute Gasteiger partial charge is 0.270 e. The van der Waals surface area contributed by atoms with Crippen molar-refractivity contribution in [2.75, 3.05) is 6.61 Å². The van der Waals surface area contributed by atoms with Crippen molar-refractivity contribution in [3.8, 4) is 0 Å². The van der Waals surface area contributed by atoms with Gasteiger partial charge < -0.3 is 10.4 Å². The van der Waals surface area contributed by atoms with Crippen molar-refractivity contribution in [2.24, 2.45) is 5.41 Å². The highest BCUT2D eigenvalue weighted by molar-refractivity contribution is 5.95. The third-order valence-electron chi connectivity index (χ3n) is 3.25. The maximum Gasteiger partial charge on any atom is 0.270 e. The molecule has 0 aliphatic carbocycles. The first kappa shape index (κ1) is 15.4. The molecule has 1 atom stereocenters. The number of carbonyl (C=O) groups excluding carboxylic acids is 1. The predicted octanol–water partition coefficient (Wildman–Crippen LogP) is 2.76. The molecule has 0 fully saturated rings. The highest BCUT2D eigenvalue weighted by Crippen LogP contribution is 2.21. The van der Waals surface area contributed by atoms with Crippen molar-refractivity contribution in [3.05, 3.63) is 42.1 Å². The topological polar surface area (TPSA) is 62.2 Å². The van der Waals surface area contributed by atoms with Crippen LogP contribution in [0.3, 0.4) is 0 Å². The highest BCUT2D eigenvalue weighted by Gasteiger charge is 2.20. The van der Waals surface area contributed by atoms with E-state index < -0.39 is 0 Å². The number of rotatable bonds is 4. The summed E-state index contributed by atoms with van der Waals surface area (Å²) in [5.74, 6) is -0.246. The van der Waals surface area contributed by atoms with E-state index >= 15 is 0 Å². The monoisotopic (exact) mass is 286 g/mol. The van der Waals surface area contributed by atoms with Gasteiger partial charge in [-0.2, -0.15) is 0 Å². The number of amides is 1. The standard InChI is InChI=1S/C17H22N2O2/c1-17(2,3)10-13(11-20)18-16(21)15-9-8-12-6-4-5-7-14(12)19-15/h4-9,13,20H,10-11H2,1-3H3,(H,18,21). The maximum absolute atomic E-state index is 12.3. The summed E-state index contributed by atoms with van der Waals surface area (Å²) >= 11 is 0. The molecular weight excluding hydrogens is 264 g/mol. The van der Waals surface area contributed by atoms with Gasteiger partial charge in [0, 0.05) is 5.39 Å². The number of hydrogen-bond acceptors (Lipinski definition) is 3. The van der Waals surface area contributed by atoms with E-state index in [4.69, 9.17) is 0 Å². The fourth-order valence-corrected chi connectivity index (χ4v) is 2.35. The SMILES string of the molecule is CC(C)(C)CC(CO)NC(=O)c1ccc2ccccc2n1. The molecule has 1 unspecified atom stereocenters. The number of aliphatic hydroxyl groups is 1. The second-order valence-electron chi connectivity index (χ2n) is 6.51. The number of aliphatic hydroxyl groups excluding tert-OH is 1. The van der Waals surface area contributed by atoms with Crippen molar-refractivity contribution in [2.45, 2.75) is 33.2 Å². The molecule has 0 aliphatic rings. The molecule has 1 amide bonds. The van der Waals surface area contributed by atoms with Crippen LogP contribution in [0, 0.1) is 5.41 Å². The summed E-state index contributed by atoms with van der Waals surface area (Å²) in [6, 6.07) is 11.0. The lowest BCUT2D eigenvalue weighted by Crippen LogP contribution is -2.40. The Labute approximate surface area is 125 Å². The van der Waals surface area contributed by atoms with Crippen LogP contribution >= 0.6 is 0 Å². The number of hydrogen-bond donors (Lipinski definition) is 2. The van der Waals surface area contributed by atoms with Gasteiger partial charge in [-0.05, 0) is 24.0 Å². The van der Waals surface area contributed by atoms with Crippen LogP contribution in [-0.2, 0) is 0 Å². The van der Waals surface area contributed by atoms with Crippen LogP contribution in [0.25, 0.3) is 10.9 Å². The number of aromatic nitrogens is 1. The van der Waals surface area contributed by atoms with E-state index in [2.05, 4.69) is 31.1 Å². The molecule has 2 aromatic rings. The van der Waals surface area contributed by atoms with Crippen LogP contribution < -0.4 is 5.32 Å². The van der Waals surface area contributed by atoms with E-state index in [0.29, 0.717) is 12.1 Å². The van der Waals surface area contributed by atoms with E-state index in [0.717, 1.165) is 10.9 Å². The van der Waals surface area contributed by atoms with Crippen LogP contribution in [0.15, 0.2) is 36.4 Å². The van der Waals surface area contributed by atoms with Gasteiger partial charge in [0.2, 0.25) is 0 Å². The van der Waals surface area contributed by atoms with Crippen molar-refractivity contribution < 1.29 is 9.90 Å². The van der Waals surface area contributed by atoms with Crippen LogP contribution in [0.2, 0.25) is 0 Å².